The molecule has 3 aromatic rings. The standard InChI is InChI=1S/C22H22F3N7O/c1-15-5-6-26-18(11-15)30-19-13-20(28-14-27-19)31-7-9-32(10-8-31)21(33)29-17-4-2-3-16(12-17)22(23,24)25/h2-6,11-14H,7-10H2,1H3,(H,29,33)(H,26,27,28,30). The Morgan fingerprint density at radius 1 is 0.970 bits per heavy atom. The first kappa shape index (κ1) is 22.3. The van der Waals surface area contributed by atoms with Gasteiger partial charge in [-0.15, -0.1) is 0 Å². The topological polar surface area (TPSA) is 86.3 Å². The second-order valence-electron chi connectivity index (χ2n) is 7.59. The van der Waals surface area contributed by atoms with Crippen LogP contribution in [0.2, 0.25) is 0 Å². The van der Waals surface area contributed by atoms with Gasteiger partial charge in [0, 0.05) is 44.1 Å². The summed E-state index contributed by atoms with van der Waals surface area (Å²) in [6, 6.07) is 9.77. The molecule has 8 nitrogen and oxygen atoms in total. The maximum absolute atomic E-state index is 12.9. The number of rotatable bonds is 4. The highest BCUT2D eigenvalue weighted by atomic mass is 19.4. The molecular formula is C22H22F3N7O. The first-order chi connectivity index (χ1) is 15.8. The third-order valence-electron chi connectivity index (χ3n) is 5.16. The lowest BCUT2D eigenvalue weighted by atomic mass is 10.2. The normalized spacial score (nSPS) is 14.2. The second-order valence-corrected chi connectivity index (χ2v) is 7.59. The lowest BCUT2D eigenvalue weighted by Crippen LogP contribution is -2.50. The van der Waals surface area contributed by atoms with E-state index in [-0.39, 0.29) is 5.69 Å². The number of hydrogen-bond acceptors (Lipinski definition) is 6. The number of carbonyl (C=O) groups is 1. The van der Waals surface area contributed by atoms with E-state index in [1.807, 2.05) is 30.0 Å². The Morgan fingerprint density at radius 2 is 1.73 bits per heavy atom. The number of urea groups is 1. The first-order valence-corrected chi connectivity index (χ1v) is 10.3. The lowest BCUT2D eigenvalue weighted by molar-refractivity contribution is -0.137. The van der Waals surface area contributed by atoms with Gasteiger partial charge in [0.15, 0.2) is 0 Å². The van der Waals surface area contributed by atoms with Gasteiger partial charge >= 0.3 is 12.2 Å². The maximum Gasteiger partial charge on any atom is 0.416 e. The van der Waals surface area contributed by atoms with Crippen molar-refractivity contribution in [3.63, 3.8) is 0 Å². The molecule has 4 rings (SSSR count). The van der Waals surface area contributed by atoms with Gasteiger partial charge in [0.1, 0.15) is 23.8 Å². The SMILES string of the molecule is Cc1ccnc(Nc2cc(N3CCN(C(=O)Nc4cccc(C(F)(F)F)c4)CC3)ncn2)c1. The number of aryl methyl sites for hydroxylation is 1. The number of nitrogens with zero attached hydrogens (tertiary/aromatic N) is 5. The van der Waals surface area contributed by atoms with Gasteiger partial charge in [0.2, 0.25) is 0 Å². The average Bonchev–Trinajstić information content (AvgIpc) is 2.79. The molecule has 0 atom stereocenters. The summed E-state index contributed by atoms with van der Waals surface area (Å²) in [5.74, 6) is 1.98. The molecule has 3 heterocycles. The van der Waals surface area contributed by atoms with Gasteiger partial charge < -0.3 is 20.4 Å². The first-order valence-electron chi connectivity index (χ1n) is 10.3. The van der Waals surface area contributed by atoms with Crippen molar-refractivity contribution in [1.82, 2.24) is 19.9 Å². The summed E-state index contributed by atoms with van der Waals surface area (Å²) < 4.78 is 38.7. The van der Waals surface area contributed by atoms with E-state index in [0.29, 0.717) is 43.6 Å². The van der Waals surface area contributed by atoms with Crippen LogP contribution in [-0.2, 0) is 6.18 Å². The van der Waals surface area contributed by atoms with Gasteiger partial charge in [-0.3, -0.25) is 0 Å². The molecule has 0 unspecified atom stereocenters. The second kappa shape index (κ2) is 9.31. The van der Waals surface area contributed by atoms with E-state index in [1.165, 1.54) is 18.5 Å². The summed E-state index contributed by atoms with van der Waals surface area (Å²) in [5.41, 5.74) is 0.369. The van der Waals surface area contributed by atoms with Crippen LogP contribution >= 0.6 is 0 Å². The highest BCUT2D eigenvalue weighted by Gasteiger charge is 2.30. The van der Waals surface area contributed by atoms with Crippen LogP contribution in [0.5, 0.6) is 0 Å². The van der Waals surface area contributed by atoms with Crippen LogP contribution in [0.15, 0.2) is 55.0 Å². The monoisotopic (exact) mass is 457 g/mol. The molecular weight excluding hydrogens is 435 g/mol. The summed E-state index contributed by atoms with van der Waals surface area (Å²) in [5, 5.41) is 5.70. The minimum absolute atomic E-state index is 0.105. The van der Waals surface area contributed by atoms with Crippen LogP contribution in [0.4, 0.5) is 41.1 Å². The van der Waals surface area contributed by atoms with Crippen molar-refractivity contribution in [2.24, 2.45) is 0 Å². The quantitative estimate of drug-likeness (QED) is 0.608. The van der Waals surface area contributed by atoms with E-state index in [0.717, 1.165) is 17.7 Å². The lowest BCUT2D eigenvalue weighted by Gasteiger charge is -2.35. The molecule has 0 radical (unpaired) electrons. The van der Waals surface area contributed by atoms with Crippen LogP contribution in [0.3, 0.4) is 0 Å². The fourth-order valence-corrected chi connectivity index (χ4v) is 3.44. The van der Waals surface area contributed by atoms with Crippen LogP contribution in [0.25, 0.3) is 0 Å². The Balaban J connectivity index is 1.35. The van der Waals surface area contributed by atoms with E-state index >= 15 is 0 Å². The zero-order valence-corrected chi connectivity index (χ0v) is 17.8. The summed E-state index contributed by atoms with van der Waals surface area (Å²) >= 11 is 0. The van der Waals surface area contributed by atoms with E-state index in [4.69, 9.17) is 0 Å². The molecule has 1 saturated heterocycles. The molecule has 1 aliphatic rings. The van der Waals surface area contributed by atoms with Gasteiger partial charge in [0.05, 0.1) is 5.56 Å². The Bertz CT molecular complexity index is 1130. The van der Waals surface area contributed by atoms with Crippen molar-refractivity contribution in [2.75, 3.05) is 41.7 Å². The molecule has 1 aliphatic heterocycles. The van der Waals surface area contributed by atoms with Crippen molar-refractivity contribution in [3.8, 4) is 0 Å². The van der Waals surface area contributed by atoms with E-state index in [1.54, 1.807) is 11.1 Å². The molecule has 0 spiro atoms. The van der Waals surface area contributed by atoms with Crippen LogP contribution in [0.1, 0.15) is 11.1 Å². The van der Waals surface area contributed by atoms with Crippen molar-refractivity contribution in [2.45, 2.75) is 13.1 Å². The fourth-order valence-electron chi connectivity index (χ4n) is 3.44. The summed E-state index contributed by atoms with van der Waals surface area (Å²) in [4.78, 5) is 28.9. The minimum atomic E-state index is -4.47. The Morgan fingerprint density at radius 3 is 2.45 bits per heavy atom. The molecule has 2 amide bonds. The van der Waals surface area contributed by atoms with Crippen molar-refractivity contribution < 1.29 is 18.0 Å². The van der Waals surface area contributed by atoms with E-state index < -0.39 is 17.8 Å². The third kappa shape index (κ3) is 5.68. The molecule has 0 aliphatic carbocycles. The zero-order valence-electron chi connectivity index (χ0n) is 17.8. The number of alkyl halides is 3. The smallest absolute Gasteiger partial charge is 0.353 e. The van der Waals surface area contributed by atoms with Crippen molar-refractivity contribution >= 4 is 29.2 Å². The molecule has 172 valence electrons. The number of nitrogens with one attached hydrogen (secondary N) is 2. The van der Waals surface area contributed by atoms with Gasteiger partial charge in [0.25, 0.3) is 0 Å². The van der Waals surface area contributed by atoms with Gasteiger partial charge in [-0.05, 0) is 42.8 Å². The van der Waals surface area contributed by atoms with Gasteiger partial charge in [-0.1, -0.05) is 6.07 Å². The van der Waals surface area contributed by atoms with Crippen LogP contribution < -0.4 is 15.5 Å². The van der Waals surface area contributed by atoms with Crippen molar-refractivity contribution in [1.29, 1.82) is 0 Å². The summed E-state index contributed by atoms with van der Waals surface area (Å²) in [7, 11) is 0. The Hall–Kier alpha value is -3.89. The number of piperazine rings is 1. The Labute approximate surface area is 188 Å². The van der Waals surface area contributed by atoms with Crippen LogP contribution in [0, 0.1) is 6.92 Å². The predicted octanol–water partition coefficient (Wildman–Crippen LogP) is 4.30. The molecule has 0 saturated carbocycles. The molecule has 2 N–H and O–H groups in total. The number of carbonyl (C=O) groups excluding carboxylic acids is 1. The molecule has 2 aromatic heterocycles. The van der Waals surface area contributed by atoms with Gasteiger partial charge in [-0.2, -0.15) is 13.2 Å². The zero-order chi connectivity index (χ0) is 23.4. The average molecular weight is 457 g/mol. The van der Waals surface area contributed by atoms with E-state index in [9.17, 15) is 18.0 Å². The third-order valence-corrected chi connectivity index (χ3v) is 5.16. The highest BCUT2D eigenvalue weighted by molar-refractivity contribution is 5.89. The number of amides is 2. The summed E-state index contributed by atoms with van der Waals surface area (Å²) in [6.45, 7) is 3.82. The molecule has 11 heteroatoms. The van der Waals surface area contributed by atoms with Gasteiger partial charge in [-0.25, -0.2) is 19.7 Å². The maximum atomic E-state index is 12.9. The number of anilines is 4. The number of pyridine rings is 1. The number of aromatic nitrogens is 3. The largest absolute Gasteiger partial charge is 0.416 e. The minimum Gasteiger partial charge on any atom is -0.353 e. The van der Waals surface area contributed by atoms with Crippen LogP contribution in [-0.4, -0.2) is 52.1 Å². The predicted molar refractivity (Wildman–Crippen MR) is 119 cm³/mol. The molecule has 33 heavy (non-hydrogen) atoms. The fraction of sp³-hybridized carbons (Fsp3) is 0.273. The number of hydrogen-bond donors (Lipinski definition) is 2. The molecule has 1 fully saturated rings. The summed E-state index contributed by atoms with van der Waals surface area (Å²) in [6.07, 6.45) is -1.30. The molecule has 1 aromatic carbocycles. The number of benzene rings is 1. The molecule has 0 bridgehead atoms. The Kier molecular flexibility index (Phi) is 6.29. The van der Waals surface area contributed by atoms with E-state index in [2.05, 4.69) is 25.6 Å². The van der Waals surface area contributed by atoms with Crippen molar-refractivity contribution in [3.05, 3.63) is 66.1 Å². The highest BCUT2D eigenvalue weighted by Crippen LogP contribution is 2.30. The number of halogens is 3.